The molecular weight excluding hydrogens is 214 g/mol. The normalized spacial score (nSPS) is 19.3. The highest BCUT2D eigenvalue weighted by atomic mass is 16.5. The number of carbonyl (C=O) groups excluding carboxylic acids is 1. The first-order chi connectivity index (χ1) is 8.20. The molecule has 0 amide bonds. The lowest BCUT2D eigenvalue weighted by molar-refractivity contribution is 0.0971. The highest BCUT2D eigenvalue weighted by molar-refractivity contribution is 5.96. The van der Waals surface area contributed by atoms with E-state index in [1.165, 1.54) is 6.42 Å². The summed E-state index contributed by atoms with van der Waals surface area (Å²) in [5, 5.41) is 3.35. The molecule has 3 heteroatoms. The molecule has 3 nitrogen and oxygen atoms in total. The zero-order chi connectivity index (χ0) is 12.3. The smallest absolute Gasteiger partial charge is 0.164 e. The summed E-state index contributed by atoms with van der Waals surface area (Å²) >= 11 is 0. The molecule has 1 heterocycles. The maximum absolute atomic E-state index is 12.1. The Hall–Kier alpha value is -1.35. The number of aryl methyl sites for hydroxylation is 1. The Balaban J connectivity index is 2.05. The second kappa shape index (κ2) is 5.32. The third kappa shape index (κ3) is 2.86. The summed E-state index contributed by atoms with van der Waals surface area (Å²) in [6.45, 7) is 3.00. The van der Waals surface area contributed by atoms with Gasteiger partial charge in [0, 0.05) is 18.0 Å². The van der Waals surface area contributed by atoms with Gasteiger partial charge in [0.2, 0.25) is 0 Å². The zero-order valence-electron chi connectivity index (χ0n) is 10.5. The Morgan fingerprint density at radius 1 is 1.53 bits per heavy atom. The molecular formula is C14H19NO2. The third-order valence-corrected chi connectivity index (χ3v) is 3.31. The summed E-state index contributed by atoms with van der Waals surface area (Å²) in [6, 6.07) is 5.99. The van der Waals surface area contributed by atoms with Crippen molar-refractivity contribution in [1.82, 2.24) is 5.32 Å². The van der Waals surface area contributed by atoms with Crippen LogP contribution in [-0.2, 0) is 0 Å². The first-order valence-corrected chi connectivity index (χ1v) is 6.12. The number of hydrogen-bond acceptors (Lipinski definition) is 3. The van der Waals surface area contributed by atoms with Gasteiger partial charge < -0.3 is 10.1 Å². The van der Waals surface area contributed by atoms with Crippen molar-refractivity contribution in [3.05, 3.63) is 29.3 Å². The number of ketones is 1. The highest BCUT2D eigenvalue weighted by Gasteiger charge is 2.18. The quantitative estimate of drug-likeness (QED) is 0.811. The average molecular weight is 233 g/mol. The lowest BCUT2D eigenvalue weighted by Crippen LogP contribution is -2.24. The fraction of sp³-hybridized carbons (Fsp3) is 0.500. The van der Waals surface area contributed by atoms with Gasteiger partial charge >= 0.3 is 0 Å². The van der Waals surface area contributed by atoms with Crippen molar-refractivity contribution in [2.45, 2.75) is 32.2 Å². The van der Waals surface area contributed by atoms with E-state index in [1.807, 2.05) is 25.1 Å². The Kier molecular flexibility index (Phi) is 3.79. The van der Waals surface area contributed by atoms with Crippen LogP contribution in [0, 0.1) is 6.92 Å². The molecule has 0 radical (unpaired) electrons. The first kappa shape index (κ1) is 12.1. The monoisotopic (exact) mass is 233 g/mol. The fourth-order valence-corrected chi connectivity index (χ4v) is 2.32. The van der Waals surface area contributed by atoms with Gasteiger partial charge in [-0.3, -0.25) is 4.79 Å². The van der Waals surface area contributed by atoms with Crippen molar-refractivity contribution in [2.24, 2.45) is 0 Å². The molecule has 1 saturated heterocycles. The zero-order valence-corrected chi connectivity index (χ0v) is 10.5. The molecule has 1 fully saturated rings. The molecule has 0 spiro atoms. The number of Topliss-reactive ketones (excluding diaryl/α,β-unsaturated/α-hetero) is 1. The Labute approximate surface area is 102 Å². The minimum absolute atomic E-state index is 0.218. The summed E-state index contributed by atoms with van der Waals surface area (Å²) in [5.74, 6) is 1.05. The molecule has 1 aliphatic rings. The molecule has 1 aliphatic heterocycles. The van der Waals surface area contributed by atoms with Gasteiger partial charge in [0.25, 0.3) is 0 Å². The second-order valence-corrected chi connectivity index (χ2v) is 4.60. The predicted octanol–water partition coefficient (Wildman–Crippen LogP) is 2.33. The van der Waals surface area contributed by atoms with E-state index in [9.17, 15) is 4.79 Å². The molecule has 0 aromatic heterocycles. The average Bonchev–Trinajstić information content (AvgIpc) is 2.81. The van der Waals surface area contributed by atoms with E-state index in [4.69, 9.17) is 4.74 Å². The van der Waals surface area contributed by atoms with Crippen LogP contribution in [0.4, 0.5) is 0 Å². The van der Waals surface area contributed by atoms with Gasteiger partial charge in [-0.15, -0.1) is 0 Å². The molecule has 1 unspecified atom stereocenters. The Bertz CT molecular complexity index is 409. The van der Waals surface area contributed by atoms with Crippen molar-refractivity contribution < 1.29 is 9.53 Å². The van der Waals surface area contributed by atoms with Crippen LogP contribution in [0.25, 0.3) is 0 Å². The van der Waals surface area contributed by atoms with Crippen LogP contribution in [-0.4, -0.2) is 25.5 Å². The fourth-order valence-electron chi connectivity index (χ4n) is 2.32. The maximum Gasteiger partial charge on any atom is 0.164 e. The van der Waals surface area contributed by atoms with E-state index in [0.29, 0.717) is 12.5 Å². The van der Waals surface area contributed by atoms with Crippen molar-refractivity contribution in [2.75, 3.05) is 13.7 Å². The summed E-state index contributed by atoms with van der Waals surface area (Å²) in [6.07, 6.45) is 2.90. The summed E-state index contributed by atoms with van der Waals surface area (Å²) in [4.78, 5) is 12.1. The van der Waals surface area contributed by atoms with E-state index in [-0.39, 0.29) is 5.78 Å². The van der Waals surface area contributed by atoms with Crippen LogP contribution < -0.4 is 10.1 Å². The molecule has 1 aromatic carbocycles. The van der Waals surface area contributed by atoms with Crippen LogP contribution in [0.2, 0.25) is 0 Å². The molecule has 92 valence electrons. The second-order valence-electron chi connectivity index (χ2n) is 4.60. The molecule has 17 heavy (non-hydrogen) atoms. The van der Waals surface area contributed by atoms with Gasteiger partial charge in [0.05, 0.1) is 7.11 Å². The molecule has 1 N–H and O–H groups in total. The van der Waals surface area contributed by atoms with Gasteiger partial charge in [0.1, 0.15) is 5.75 Å². The minimum atomic E-state index is 0.218. The van der Waals surface area contributed by atoms with Crippen LogP contribution in [0.3, 0.4) is 0 Å². The SMILES string of the molecule is COc1ccc(C(=O)CC2CCCN2)cc1C. The van der Waals surface area contributed by atoms with Crippen molar-refractivity contribution in [3.8, 4) is 5.75 Å². The van der Waals surface area contributed by atoms with Crippen LogP contribution in [0.1, 0.15) is 35.2 Å². The highest BCUT2D eigenvalue weighted by Crippen LogP contribution is 2.20. The van der Waals surface area contributed by atoms with Crippen LogP contribution in [0.15, 0.2) is 18.2 Å². The van der Waals surface area contributed by atoms with Gasteiger partial charge in [-0.2, -0.15) is 0 Å². The summed E-state index contributed by atoms with van der Waals surface area (Å²) in [5.41, 5.74) is 1.80. The van der Waals surface area contributed by atoms with E-state index in [1.54, 1.807) is 7.11 Å². The molecule has 1 atom stereocenters. The van der Waals surface area contributed by atoms with Gasteiger partial charge in [0.15, 0.2) is 5.78 Å². The van der Waals surface area contributed by atoms with Crippen molar-refractivity contribution in [1.29, 1.82) is 0 Å². The van der Waals surface area contributed by atoms with E-state index >= 15 is 0 Å². The number of carbonyl (C=O) groups is 1. The summed E-state index contributed by atoms with van der Waals surface area (Å²) in [7, 11) is 1.65. The Morgan fingerprint density at radius 2 is 2.35 bits per heavy atom. The van der Waals surface area contributed by atoms with Crippen molar-refractivity contribution in [3.63, 3.8) is 0 Å². The number of methoxy groups -OCH3 is 1. The lowest BCUT2D eigenvalue weighted by Gasteiger charge is -2.10. The maximum atomic E-state index is 12.1. The van der Waals surface area contributed by atoms with Crippen LogP contribution >= 0.6 is 0 Å². The third-order valence-electron chi connectivity index (χ3n) is 3.31. The minimum Gasteiger partial charge on any atom is -0.496 e. The van der Waals surface area contributed by atoms with Gasteiger partial charge in [-0.1, -0.05) is 0 Å². The van der Waals surface area contributed by atoms with Crippen LogP contribution in [0.5, 0.6) is 5.75 Å². The molecule has 2 rings (SSSR count). The topological polar surface area (TPSA) is 38.3 Å². The first-order valence-electron chi connectivity index (χ1n) is 6.12. The molecule has 1 aromatic rings. The largest absolute Gasteiger partial charge is 0.496 e. The molecule has 0 aliphatic carbocycles. The number of hydrogen-bond donors (Lipinski definition) is 1. The summed E-state index contributed by atoms with van der Waals surface area (Å²) < 4.78 is 5.19. The van der Waals surface area contributed by atoms with E-state index in [0.717, 1.165) is 29.8 Å². The molecule has 0 bridgehead atoms. The van der Waals surface area contributed by atoms with Gasteiger partial charge in [-0.05, 0) is 50.1 Å². The van der Waals surface area contributed by atoms with Crippen molar-refractivity contribution >= 4 is 5.78 Å². The number of benzene rings is 1. The van der Waals surface area contributed by atoms with Gasteiger partial charge in [-0.25, -0.2) is 0 Å². The lowest BCUT2D eigenvalue weighted by atomic mass is 10.0. The molecule has 0 saturated carbocycles. The van der Waals surface area contributed by atoms with E-state index in [2.05, 4.69) is 5.32 Å². The van der Waals surface area contributed by atoms with E-state index < -0.39 is 0 Å². The predicted molar refractivity (Wildman–Crippen MR) is 67.7 cm³/mol. The standard InChI is InChI=1S/C14H19NO2/c1-10-8-11(5-6-14(10)17-2)13(16)9-12-4-3-7-15-12/h5-6,8,12,15H,3-4,7,9H2,1-2H3. The number of ether oxygens (including phenoxy) is 1. The Morgan fingerprint density at radius 3 is 2.94 bits per heavy atom. The number of nitrogens with one attached hydrogen (secondary N) is 1. The number of rotatable bonds is 4.